The molecule has 0 radical (unpaired) electrons. The summed E-state index contributed by atoms with van der Waals surface area (Å²) in [6.45, 7) is -0.582. The maximum atomic E-state index is 8.11. The first-order valence-electron chi connectivity index (χ1n) is 2.94. The average molecular weight is 194 g/mol. The molecule has 0 aliphatic rings. The van der Waals surface area contributed by atoms with Gasteiger partial charge in [-0.05, 0) is 22.1 Å². The number of azide groups is 2. The molecule has 0 saturated heterocycles. The quantitative estimate of drug-likeness (QED) is 0.352. The van der Waals surface area contributed by atoms with Crippen LogP contribution in [0.4, 0.5) is 0 Å². The fourth-order valence-corrected chi connectivity index (χ4v) is 0.496. The summed E-state index contributed by atoms with van der Waals surface area (Å²) in [5, 5.41) is 11.8. The Bertz CT molecular complexity index is 333. The van der Waals surface area contributed by atoms with Gasteiger partial charge in [0.05, 0.1) is 0 Å². The van der Waals surface area contributed by atoms with Crippen LogP contribution < -0.4 is 0 Å². The van der Waals surface area contributed by atoms with Crippen LogP contribution >= 0.6 is 0 Å². The Morgan fingerprint density at radius 2 is 1.21 bits per heavy atom. The van der Waals surface area contributed by atoms with Crippen LogP contribution in [0.2, 0.25) is 0 Å². The molecule has 0 N–H and O–H groups in total. The minimum absolute atomic E-state index is 0.582. The largest absolute Gasteiger partial charge is 0.210 e. The van der Waals surface area contributed by atoms with Crippen LogP contribution in [0.5, 0.6) is 0 Å². The van der Waals surface area contributed by atoms with Crippen LogP contribution in [0.3, 0.4) is 0 Å². The smallest absolute Gasteiger partial charge is 0.0930 e. The standard InChI is InChI=1S/C2H2N12/c3-11-7-1-2(8-12-4,9-13-5)10-14-6/h1H2. The summed E-state index contributed by atoms with van der Waals surface area (Å²) >= 11 is 0. The van der Waals surface area contributed by atoms with E-state index < -0.39 is 12.3 Å². The highest BCUT2D eigenvalue weighted by Gasteiger charge is 2.25. The van der Waals surface area contributed by atoms with Crippen molar-refractivity contribution < 1.29 is 0 Å². The van der Waals surface area contributed by atoms with Gasteiger partial charge in [0, 0.05) is 26.2 Å². The van der Waals surface area contributed by atoms with E-state index in [4.69, 9.17) is 22.1 Å². The molecule has 0 saturated carbocycles. The third kappa shape index (κ3) is 3.09. The van der Waals surface area contributed by atoms with E-state index in [2.05, 4.69) is 40.1 Å². The molecule has 0 atom stereocenters. The molecule has 0 aliphatic heterocycles. The van der Waals surface area contributed by atoms with E-state index in [-0.39, 0.29) is 0 Å². The number of hydrogen-bond donors (Lipinski definition) is 0. The van der Waals surface area contributed by atoms with Gasteiger partial charge in [-0.2, -0.15) is 0 Å². The van der Waals surface area contributed by atoms with E-state index in [0.29, 0.717) is 0 Å². The predicted octanol–water partition coefficient (Wildman–Crippen LogP) is 2.88. The Hall–Kier alpha value is -2.76. The van der Waals surface area contributed by atoms with Crippen molar-refractivity contribution in [3.63, 3.8) is 0 Å². The van der Waals surface area contributed by atoms with Crippen molar-refractivity contribution in [2.75, 3.05) is 6.54 Å². The van der Waals surface area contributed by atoms with E-state index in [9.17, 15) is 0 Å². The molecule has 0 aromatic rings. The Morgan fingerprint density at radius 3 is 1.50 bits per heavy atom. The van der Waals surface area contributed by atoms with E-state index in [1.54, 1.807) is 0 Å². The second kappa shape index (κ2) is 5.84. The Balaban J connectivity index is 5.32. The molecular formula is C2H2N12. The highest BCUT2D eigenvalue weighted by Crippen LogP contribution is 2.17. The van der Waals surface area contributed by atoms with Crippen LogP contribution in [-0.2, 0) is 0 Å². The van der Waals surface area contributed by atoms with Crippen LogP contribution in [-0.4, -0.2) is 12.3 Å². The predicted molar refractivity (Wildman–Crippen MR) is 44.2 cm³/mol. The molecule has 0 aromatic carbocycles. The van der Waals surface area contributed by atoms with Crippen LogP contribution in [0.1, 0.15) is 0 Å². The number of rotatable bonds is 5. The molecule has 70 valence electrons. The van der Waals surface area contributed by atoms with Crippen LogP contribution in [0.15, 0.2) is 20.5 Å². The molecule has 0 bridgehead atoms. The minimum Gasteiger partial charge on any atom is -0.0930 e. The molecule has 12 heteroatoms. The van der Waals surface area contributed by atoms with Crippen molar-refractivity contribution in [3.05, 3.63) is 41.8 Å². The Labute approximate surface area is 75.6 Å². The zero-order valence-corrected chi connectivity index (χ0v) is 6.57. The third-order valence-electron chi connectivity index (χ3n) is 0.961. The van der Waals surface area contributed by atoms with Gasteiger partial charge in [-0.3, -0.25) is 0 Å². The molecular weight excluding hydrogens is 192 g/mol. The monoisotopic (exact) mass is 194 g/mol. The lowest BCUT2D eigenvalue weighted by atomic mass is 10.4. The molecule has 0 amide bonds. The molecule has 0 spiro atoms. The van der Waals surface area contributed by atoms with Gasteiger partial charge in [0.2, 0.25) is 5.79 Å². The van der Waals surface area contributed by atoms with E-state index >= 15 is 0 Å². The topological polar surface area (TPSA) is 195 Å². The molecule has 0 rings (SSSR count). The summed E-state index contributed by atoms with van der Waals surface area (Å²) < 4.78 is 0. The van der Waals surface area contributed by atoms with Gasteiger partial charge < -0.3 is 0 Å². The summed E-state index contributed by atoms with van der Waals surface area (Å²) in [5.41, 5.74) is 32.3. The Kier molecular flexibility index (Phi) is 4.69. The lowest BCUT2D eigenvalue weighted by Crippen LogP contribution is -2.22. The summed E-state index contributed by atoms with van der Waals surface area (Å²) in [4.78, 5) is 9.27. The maximum absolute atomic E-state index is 8.11. The molecule has 14 heavy (non-hydrogen) atoms. The van der Waals surface area contributed by atoms with E-state index in [1.165, 1.54) is 0 Å². The molecule has 0 heterocycles. The highest BCUT2D eigenvalue weighted by molar-refractivity contribution is 4.86. The first-order chi connectivity index (χ1) is 6.74. The van der Waals surface area contributed by atoms with Crippen molar-refractivity contribution in [2.24, 2.45) is 20.5 Å². The maximum Gasteiger partial charge on any atom is 0.210 e. The summed E-state index contributed by atoms with van der Waals surface area (Å²) in [6, 6.07) is 0. The average Bonchev–Trinajstić information content (AvgIpc) is 2.16. The first-order valence-corrected chi connectivity index (χ1v) is 2.94. The summed E-state index contributed by atoms with van der Waals surface area (Å²) in [6.07, 6.45) is 0. The van der Waals surface area contributed by atoms with Gasteiger partial charge >= 0.3 is 0 Å². The second-order valence-electron chi connectivity index (χ2n) is 1.73. The van der Waals surface area contributed by atoms with Gasteiger partial charge in [-0.1, -0.05) is 20.5 Å². The zero-order chi connectivity index (χ0) is 10.9. The third-order valence-corrected chi connectivity index (χ3v) is 0.961. The van der Waals surface area contributed by atoms with Crippen LogP contribution in [0, 0.1) is 0 Å². The molecule has 0 fully saturated rings. The lowest BCUT2D eigenvalue weighted by molar-refractivity contribution is 0.467. The summed E-state index contributed by atoms with van der Waals surface area (Å²) in [5.74, 6) is -2.09. The molecule has 0 aromatic heterocycles. The van der Waals surface area contributed by atoms with Crippen molar-refractivity contribution in [1.29, 1.82) is 0 Å². The van der Waals surface area contributed by atoms with Crippen molar-refractivity contribution >= 4 is 0 Å². The fourth-order valence-electron chi connectivity index (χ4n) is 0.496. The Morgan fingerprint density at radius 1 is 0.786 bits per heavy atom. The summed E-state index contributed by atoms with van der Waals surface area (Å²) in [7, 11) is 0. The van der Waals surface area contributed by atoms with Gasteiger partial charge in [0.15, 0.2) is 0 Å². The van der Waals surface area contributed by atoms with Crippen LogP contribution in [0.25, 0.3) is 41.8 Å². The van der Waals surface area contributed by atoms with E-state index in [1.807, 2.05) is 0 Å². The molecule has 0 unspecified atom stereocenters. The van der Waals surface area contributed by atoms with Crippen molar-refractivity contribution in [2.45, 2.75) is 5.79 Å². The highest BCUT2D eigenvalue weighted by atomic mass is 15.5. The van der Waals surface area contributed by atoms with Gasteiger partial charge in [-0.25, -0.2) is 0 Å². The van der Waals surface area contributed by atoms with Crippen molar-refractivity contribution in [1.82, 2.24) is 0 Å². The molecule has 12 nitrogen and oxygen atoms in total. The van der Waals surface area contributed by atoms with Gasteiger partial charge in [0.25, 0.3) is 0 Å². The zero-order valence-electron chi connectivity index (χ0n) is 6.57. The normalized spacial score (nSPS) is 11.7. The van der Waals surface area contributed by atoms with Crippen molar-refractivity contribution in [3.8, 4) is 0 Å². The second-order valence-corrected chi connectivity index (χ2v) is 1.73. The van der Waals surface area contributed by atoms with Gasteiger partial charge in [-0.15, -0.1) is 0 Å². The van der Waals surface area contributed by atoms with E-state index in [0.717, 1.165) is 0 Å². The number of hydrogen-bond acceptors (Lipinski definition) is 4. The SMILES string of the molecule is [N-]=[N+]=NCC(N=[N+]=[N-])(N=[N+]=[N-])N=[N+]=[N-]. The lowest BCUT2D eigenvalue weighted by Gasteiger charge is -2.11. The first kappa shape index (κ1) is 11.2. The molecule has 0 aliphatic carbocycles. The number of nitrogens with zero attached hydrogens (tertiary/aromatic N) is 12. The minimum atomic E-state index is -2.09. The fraction of sp³-hybridized carbons (Fsp3) is 1.00. The van der Waals surface area contributed by atoms with Gasteiger partial charge in [0.1, 0.15) is 0 Å².